The average molecular weight is 260 g/mol. The van der Waals surface area contributed by atoms with Crippen molar-refractivity contribution >= 4 is 17.3 Å². The van der Waals surface area contributed by atoms with E-state index in [4.69, 9.17) is 15.9 Å². The van der Waals surface area contributed by atoms with Crippen LogP contribution < -0.4 is 16.8 Å². The number of rotatable bonds is 5. The normalized spacial score (nSPS) is 10.4. The lowest BCUT2D eigenvalue weighted by Crippen LogP contribution is -2.12. The number of hydrogen-bond donors (Lipinski definition) is 3. The number of primary amides is 1. The van der Waals surface area contributed by atoms with Gasteiger partial charge in [0.15, 0.2) is 0 Å². The summed E-state index contributed by atoms with van der Waals surface area (Å²) in [5.41, 5.74) is 12.6. The van der Waals surface area contributed by atoms with Crippen LogP contribution in [-0.4, -0.2) is 10.9 Å². The molecule has 6 heteroatoms. The Morgan fingerprint density at radius 1 is 1.47 bits per heavy atom. The molecule has 0 aliphatic rings. The van der Waals surface area contributed by atoms with Gasteiger partial charge in [-0.3, -0.25) is 4.79 Å². The fraction of sp³-hybridized carbons (Fsp3) is 0.231. The lowest BCUT2D eigenvalue weighted by Gasteiger charge is -2.08. The molecule has 0 radical (unpaired) electrons. The minimum atomic E-state index is -0.501. The van der Waals surface area contributed by atoms with Crippen LogP contribution >= 0.6 is 0 Å². The zero-order chi connectivity index (χ0) is 13.8. The molecule has 0 aliphatic carbocycles. The average Bonchev–Trinajstić information content (AvgIpc) is 2.85. The van der Waals surface area contributed by atoms with E-state index >= 15 is 0 Å². The van der Waals surface area contributed by atoms with Crippen LogP contribution in [0.2, 0.25) is 0 Å². The Balaban J connectivity index is 2.05. The summed E-state index contributed by atoms with van der Waals surface area (Å²) in [7, 11) is 0. The van der Waals surface area contributed by atoms with E-state index in [9.17, 15) is 4.79 Å². The third kappa shape index (κ3) is 3.04. The van der Waals surface area contributed by atoms with Gasteiger partial charge in [-0.05, 0) is 18.2 Å². The molecule has 19 heavy (non-hydrogen) atoms. The molecule has 1 aromatic heterocycles. The molecule has 0 bridgehead atoms. The number of nitrogens with two attached hydrogens (primary N) is 2. The lowest BCUT2D eigenvalue weighted by atomic mass is 10.1. The van der Waals surface area contributed by atoms with Gasteiger partial charge in [-0.1, -0.05) is 6.92 Å². The maximum Gasteiger partial charge on any atom is 0.248 e. The molecule has 2 rings (SSSR count). The summed E-state index contributed by atoms with van der Waals surface area (Å²) >= 11 is 0. The molecule has 0 atom stereocenters. The number of carbonyl (C=O) groups excluding carboxylic acids is 1. The molecule has 1 aromatic carbocycles. The smallest absolute Gasteiger partial charge is 0.248 e. The first-order valence-corrected chi connectivity index (χ1v) is 5.97. The molecule has 100 valence electrons. The highest BCUT2D eigenvalue weighted by Gasteiger charge is 2.06. The van der Waals surface area contributed by atoms with Gasteiger partial charge < -0.3 is 21.2 Å². The molecule has 0 saturated heterocycles. The Morgan fingerprint density at radius 3 is 2.84 bits per heavy atom. The quantitative estimate of drug-likeness (QED) is 0.707. The second-order valence-electron chi connectivity index (χ2n) is 4.09. The summed E-state index contributed by atoms with van der Waals surface area (Å²) in [5.74, 6) is 0.933. The molecule has 0 fully saturated rings. The standard InChI is InChI=1S/C13H16N4O2/c1-2-9-6-17-12(19-9)7-16-11-4-3-8(13(15)18)5-10(11)14/h3-6,16H,2,7,14H2,1H3,(H2,15,18). The maximum atomic E-state index is 11.0. The Morgan fingerprint density at radius 2 is 2.26 bits per heavy atom. The summed E-state index contributed by atoms with van der Waals surface area (Å²) in [4.78, 5) is 15.1. The van der Waals surface area contributed by atoms with Crippen molar-refractivity contribution in [1.29, 1.82) is 0 Å². The Labute approximate surface area is 110 Å². The van der Waals surface area contributed by atoms with Gasteiger partial charge in [-0.25, -0.2) is 4.98 Å². The van der Waals surface area contributed by atoms with Crippen LogP contribution in [0, 0.1) is 0 Å². The Bertz CT molecular complexity index is 592. The van der Waals surface area contributed by atoms with Gasteiger partial charge >= 0.3 is 0 Å². The van der Waals surface area contributed by atoms with Gasteiger partial charge in [0.25, 0.3) is 0 Å². The van der Waals surface area contributed by atoms with Crippen LogP contribution in [0.15, 0.2) is 28.8 Å². The van der Waals surface area contributed by atoms with Crippen LogP contribution in [0.3, 0.4) is 0 Å². The minimum Gasteiger partial charge on any atom is -0.444 e. The molecule has 2 aromatic rings. The molecule has 5 N–H and O–H groups in total. The SMILES string of the molecule is CCc1cnc(CNc2ccc(C(N)=O)cc2N)o1. The van der Waals surface area contributed by atoms with Crippen LogP contribution in [0.1, 0.15) is 28.9 Å². The number of aromatic nitrogens is 1. The number of aryl methyl sites for hydroxylation is 1. The summed E-state index contributed by atoms with van der Waals surface area (Å²) in [6, 6.07) is 4.87. The number of oxazole rings is 1. The molecule has 0 unspecified atom stereocenters. The van der Waals surface area contributed by atoms with Crippen LogP contribution in [0.5, 0.6) is 0 Å². The van der Waals surface area contributed by atoms with Gasteiger partial charge in [0, 0.05) is 12.0 Å². The molecular formula is C13H16N4O2. The maximum absolute atomic E-state index is 11.0. The number of hydrogen-bond acceptors (Lipinski definition) is 5. The number of benzene rings is 1. The van der Waals surface area contributed by atoms with Crippen molar-refractivity contribution in [3.05, 3.63) is 41.6 Å². The van der Waals surface area contributed by atoms with Gasteiger partial charge in [-0.2, -0.15) is 0 Å². The number of carbonyl (C=O) groups is 1. The zero-order valence-electron chi connectivity index (χ0n) is 10.6. The number of nitrogen functional groups attached to an aromatic ring is 1. The Hall–Kier alpha value is -2.50. The first-order valence-electron chi connectivity index (χ1n) is 5.97. The highest BCUT2D eigenvalue weighted by molar-refractivity contribution is 5.94. The highest BCUT2D eigenvalue weighted by Crippen LogP contribution is 2.20. The second-order valence-corrected chi connectivity index (χ2v) is 4.09. The third-order valence-electron chi connectivity index (χ3n) is 2.72. The molecule has 6 nitrogen and oxygen atoms in total. The molecular weight excluding hydrogens is 244 g/mol. The van der Waals surface area contributed by atoms with E-state index in [0.717, 1.165) is 12.2 Å². The van der Waals surface area contributed by atoms with E-state index in [-0.39, 0.29) is 0 Å². The fourth-order valence-electron chi connectivity index (χ4n) is 1.64. The minimum absolute atomic E-state index is 0.382. The van der Waals surface area contributed by atoms with E-state index in [0.29, 0.717) is 29.4 Å². The lowest BCUT2D eigenvalue weighted by molar-refractivity contribution is 0.100. The first kappa shape index (κ1) is 12.9. The van der Waals surface area contributed by atoms with Crippen molar-refractivity contribution in [2.75, 3.05) is 11.1 Å². The third-order valence-corrected chi connectivity index (χ3v) is 2.72. The van der Waals surface area contributed by atoms with Crippen LogP contribution in [-0.2, 0) is 13.0 Å². The van der Waals surface area contributed by atoms with E-state index in [1.165, 1.54) is 6.07 Å². The molecule has 0 spiro atoms. The Kier molecular flexibility index (Phi) is 3.70. The highest BCUT2D eigenvalue weighted by atomic mass is 16.4. The van der Waals surface area contributed by atoms with Crippen LogP contribution in [0.25, 0.3) is 0 Å². The van der Waals surface area contributed by atoms with Crippen molar-refractivity contribution in [2.24, 2.45) is 5.73 Å². The summed E-state index contributed by atoms with van der Waals surface area (Å²) in [5, 5.41) is 3.10. The van der Waals surface area contributed by atoms with Gasteiger partial charge in [0.05, 0.1) is 24.1 Å². The van der Waals surface area contributed by atoms with E-state index in [2.05, 4.69) is 10.3 Å². The van der Waals surface area contributed by atoms with E-state index in [1.807, 2.05) is 6.92 Å². The second kappa shape index (κ2) is 5.43. The number of anilines is 2. The number of amides is 1. The first-order chi connectivity index (χ1) is 9.10. The molecule has 0 saturated carbocycles. The number of nitrogens with zero attached hydrogens (tertiary/aromatic N) is 1. The van der Waals surface area contributed by atoms with Gasteiger partial charge in [0.2, 0.25) is 11.8 Å². The predicted molar refractivity (Wildman–Crippen MR) is 72.6 cm³/mol. The van der Waals surface area contributed by atoms with E-state index < -0.39 is 5.91 Å². The number of nitrogens with one attached hydrogen (secondary N) is 1. The zero-order valence-corrected chi connectivity index (χ0v) is 10.6. The molecule has 1 heterocycles. The van der Waals surface area contributed by atoms with Crippen molar-refractivity contribution in [2.45, 2.75) is 19.9 Å². The topological polar surface area (TPSA) is 107 Å². The van der Waals surface area contributed by atoms with E-state index in [1.54, 1.807) is 18.3 Å². The van der Waals surface area contributed by atoms with Gasteiger partial charge in [-0.15, -0.1) is 0 Å². The fourth-order valence-corrected chi connectivity index (χ4v) is 1.64. The van der Waals surface area contributed by atoms with Crippen molar-refractivity contribution in [3.63, 3.8) is 0 Å². The summed E-state index contributed by atoms with van der Waals surface area (Å²) in [6.07, 6.45) is 2.51. The summed E-state index contributed by atoms with van der Waals surface area (Å²) < 4.78 is 5.47. The van der Waals surface area contributed by atoms with Crippen molar-refractivity contribution < 1.29 is 9.21 Å². The largest absolute Gasteiger partial charge is 0.444 e. The van der Waals surface area contributed by atoms with Crippen molar-refractivity contribution in [3.8, 4) is 0 Å². The van der Waals surface area contributed by atoms with Crippen LogP contribution in [0.4, 0.5) is 11.4 Å². The molecule has 1 amide bonds. The summed E-state index contributed by atoms with van der Waals surface area (Å²) in [6.45, 7) is 2.43. The predicted octanol–water partition coefficient (Wildman–Crippen LogP) is 1.53. The molecule has 0 aliphatic heterocycles. The monoisotopic (exact) mass is 260 g/mol. The van der Waals surface area contributed by atoms with Gasteiger partial charge in [0.1, 0.15) is 5.76 Å². The van der Waals surface area contributed by atoms with Crippen molar-refractivity contribution in [1.82, 2.24) is 4.98 Å².